The molecular weight excluding hydrogens is 398 g/mol. The molecule has 0 unspecified atom stereocenters. The van der Waals surface area contributed by atoms with Crippen LogP contribution in [-0.4, -0.2) is 29.8 Å². The van der Waals surface area contributed by atoms with E-state index in [-0.39, 0.29) is 18.1 Å². The van der Waals surface area contributed by atoms with Crippen LogP contribution in [0.25, 0.3) is 10.8 Å². The number of rotatable bonds is 7. The molecule has 0 fully saturated rings. The van der Waals surface area contributed by atoms with Gasteiger partial charge in [0, 0.05) is 21.5 Å². The zero-order valence-electron chi connectivity index (χ0n) is 15.1. The number of carboxylic acids is 1. The van der Waals surface area contributed by atoms with Gasteiger partial charge in [0.1, 0.15) is 5.75 Å². The predicted octanol–water partition coefficient (Wildman–Crippen LogP) is 4.86. The fourth-order valence-corrected chi connectivity index (χ4v) is 3.80. The van der Waals surface area contributed by atoms with Gasteiger partial charge in [-0.3, -0.25) is 9.59 Å². The summed E-state index contributed by atoms with van der Waals surface area (Å²) in [5.41, 5.74) is 1.46. The molecule has 0 saturated heterocycles. The molecule has 0 aliphatic carbocycles. The minimum absolute atomic E-state index is 0.104. The fourth-order valence-electron chi connectivity index (χ4n) is 2.87. The maximum absolute atomic E-state index is 12.6. The van der Waals surface area contributed by atoms with Crippen molar-refractivity contribution in [3.8, 4) is 5.75 Å². The van der Waals surface area contributed by atoms with Crippen LogP contribution in [-0.2, 0) is 16.0 Å². The van der Waals surface area contributed by atoms with Crippen LogP contribution in [0.1, 0.15) is 5.56 Å². The van der Waals surface area contributed by atoms with Gasteiger partial charge in [-0.1, -0.05) is 48.0 Å². The van der Waals surface area contributed by atoms with E-state index in [1.807, 2.05) is 36.4 Å². The molecule has 3 aromatic carbocycles. The number of fused-ring (bicyclic) bond motifs is 1. The maximum Gasteiger partial charge on any atom is 0.313 e. The van der Waals surface area contributed by atoms with Crippen molar-refractivity contribution >= 4 is 51.7 Å². The second kappa shape index (κ2) is 8.99. The van der Waals surface area contributed by atoms with Crippen LogP contribution in [0.4, 0.5) is 5.69 Å². The molecule has 28 heavy (non-hydrogen) atoms. The van der Waals surface area contributed by atoms with Crippen molar-refractivity contribution in [2.24, 2.45) is 0 Å². The number of ether oxygens (including phenoxy) is 1. The number of aliphatic carboxylic acids is 1. The average Bonchev–Trinajstić information content (AvgIpc) is 2.68. The lowest BCUT2D eigenvalue weighted by Gasteiger charge is -2.16. The number of amides is 1. The highest BCUT2D eigenvalue weighted by Gasteiger charge is 2.16. The summed E-state index contributed by atoms with van der Waals surface area (Å²) in [5.74, 6) is -0.606. The van der Waals surface area contributed by atoms with Crippen molar-refractivity contribution in [2.75, 3.05) is 18.2 Å². The van der Waals surface area contributed by atoms with Crippen LogP contribution in [0.2, 0.25) is 5.02 Å². The molecule has 0 saturated carbocycles. The number of methoxy groups -OCH3 is 1. The van der Waals surface area contributed by atoms with Crippen LogP contribution < -0.4 is 10.1 Å². The van der Waals surface area contributed by atoms with Gasteiger partial charge in [-0.15, -0.1) is 11.8 Å². The smallest absolute Gasteiger partial charge is 0.313 e. The number of anilines is 1. The third kappa shape index (κ3) is 4.77. The third-order valence-electron chi connectivity index (χ3n) is 4.07. The molecule has 3 aromatic rings. The van der Waals surface area contributed by atoms with Crippen molar-refractivity contribution in [1.82, 2.24) is 0 Å². The Labute approximate surface area is 171 Å². The summed E-state index contributed by atoms with van der Waals surface area (Å²) in [5, 5.41) is 14.2. The molecule has 2 N–H and O–H groups in total. The summed E-state index contributed by atoms with van der Waals surface area (Å²) in [6, 6.07) is 16.4. The van der Waals surface area contributed by atoms with Gasteiger partial charge in [0.05, 0.1) is 24.2 Å². The summed E-state index contributed by atoms with van der Waals surface area (Å²) in [4.78, 5) is 24.2. The summed E-state index contributed by atoms with van der Waals surface area (Å²) in [6.07, 6.45) is 0.203. The van der Waals surface area contributed by atoms with Gasteiger partial charge < -0.3 is 15.2 Å². The summed E-state index contributed by atoms with van der Waals surface area (Å²) >= 11 is 7.04. The minimum Gasteiger partial charge on any atom is -0.495 e. The van der Waals surface area contributed by atoms with Crippen molar-refractivity contribution in [2.45, 2.75) is 11.3 Å². The van der Waals surface area contributed by atoms with E-state index >= 15 is 0 Å². The first-order chi connectivity index (χ1) is 13.5. The Balaban J connectivity index is 1.93. The summed E-state index contributed by atoms with van der Waals surface area (Å²) < 4.78 is 5.52. The number of benzene rings is 3. The predicted molar refractivity (Wildman–Crippen MR) is 113 cm³/mol. The second-order valence-corrected chi connectivity index (χ2v) is 7.49. The Morgan fingerprint density at radius 1 is 1.11 bits per heavy atom. The molecule has 0 aromatic heterocycles. The van der Waals surface area contributed by atoms with Crippen molar-refractivity contribution < 1.29 is 19.4 Å². The van der Waals surface area contributed by atoms with E-state index in [1.54, 1.807) is 25.3 Å². The SMILES string of the molecule is COc1c(SCC(=O)O)cc(NC(=O)Cc2ccc(Cl)cc2)c2ccccc12. The van der Waals surface area contributed by atoms with Gasteiger partial charge in [-0.25, -0.2) is 0 Å². The average molecular weight is 416 g/mol. The van der Waals surface area contributed by atoms with Crippen LogP contribution in [0.15, 0.2) is 59.5 Å². The highest BCUT2D eigenvalue weighted by Crippen LogP contribution is 2.40. The fraction of sp³-hybridized carbons (Fsp3) is 0.143. The molecule has 0 aliphatic rings. The number of hydrogen-bond acceptors (Lipinski definition) is 4. The van der Waals surface area contributed by atoms with E-state index in [4.69, 9.17) is 21.4 Å². The van der Waals surface area contributed by atoms with Gasteiger partial charge in [0.15, 0.2) is 0 Å². The van der Waals surface area contributed by atoms with E-state index in [1.165, 1.54) is 0 Å². The van der Waals surface area contributed by atoms with Gasteiger partial charge in [-0.05, 0) is 23.8 Å². The molecular formula is C21H18ClNO4S. The van der Waals surface area contributed by atoms with Crippen LogP contribution in [0.5, 0.6) is 5.75 Å². The number of carbonyl (C=O) groups excluding carboxylic acids is 1. The number of halogens is 1. The topological polar surface area (TPSA) is 75.6 Å². The third-order valence-corrected chi connectivity index (χ3v) is 5.33. The van der Waals surface area contributed by atoms with Crippen molar-refractivity contribution in [3.63, 3.8) is 0 Å². The quantitative estimate of drug-likeness (QED) is 0.539. The molecule has 0 heterocycles. The number of thioether (sulfide) groups is 1. The zero-order valence-corrected chi connectivity index (χ0v) is 16.6. The van der Waals surface area contributed by atoms with Gasteiger partial charge >= 0.3 is 5.97 Å². The van der Waals surface area contributed by atoms with Gasteiger partial charge in [0.25, 0.3) is 0 Å². The van der Waals surface area contributed by atoms with Crippen LogP contribution in [0, 0.1) is 0 Å². The Kier molecular flexibility index (Phi) is 6.44. The van der Waals surface area contributed by atoms with Crippen molar-refractivity contribution in [3.05, 3.63) is 65.2 Å². The normalized spacial score (nSPS) is 10.6. The van der Waals surface area contributed by atoms with E-state index in [2.05, 4.69) is 5.32 Å². The summed E-state index contributed by atoms with van der Waals surface area (Å²) in [7, 11) is 1.55. The van der Waals surface area contributed by atoms with E-state index in [0.29, 0.717) is 21.4 Å². The monoisotopic (exact) mass is 415 g/mol. The molecule has 5 nitrogen and oxygen atoms in total. The van der Waals surface area contributed by atoms with E-state index < -0.39 is 5.97 Å². The minimum atomic E-state index is -0.923. The van der Waals surface area contributed by atoms with Crippen LogP contribution >= 0.6 is 23.4 Å². The van der Waals surface area contributed by atoms with Crippen LogP contribution in [0.3, 0.4) is 0 Å². The Morgan fingerprint density at radius 2 is 1.79 bits per heavy atom. The van der Waals surface area contributed by atoms with Gasteiger partial charge in [-0.2, -0.15) is 0 Å². The molecule has 0 radical (unpaired) electrons. The molecule has 7 heteroatoms. The standard InChI is InChI=1S/C21H18ClNO4S/c1-27-21-16-5-3-2-4-15(16)17(11-18(21)28-12-20(25)26)23-19(24)10-13-6-8-14(22)9-7-13/h2-9,11H,10,12H2,1H3,(H,23,24)(H,25,26). The second-order valence-electron chi connectivity index (χ2n) is 6.03. The Bertz CT molecular complexity index is 1020. The highest BCUT2D eigenvalue weighted by molar-refractivity contribution is 8.00. The molecule has 0 bridgehead atoms. The number of carboxylic acid groups (broad SMARTS) is 1. The maximum atomic E-state index is 12.6. The van der Waals surface area contributed by atoms with E-state index in [0.717, 1.165) is 28.1 Å². The first-order valence-corrected chi connectivity index (χ1v) is 9.83. The molecule has 0 atom stereocenters. The lowest BCUT2D eigenvalue weighted by atomic mass is 10.1. The molecule has 3 rings (SSSR count). The highest BCUT2D eigenvalue weighted by atomic mass is 35.5. The van der Waals surface area contributed by atoms with Gasteiger partial charge in [0.2, 0.25) is 5.91 Å². The number of carbonyl (C=O) groups is 2. The molecule has 0 spiro atoms. The lowest BCUT2D eigenvalue weighted by molar-refractivity contribution is -0.133. The first kappa shape index (κ1) is 20.0. The number of hydrogen-bond donors (Lipinski definition) is 2. The lowest BCUT2D eigenvalue weighted by Crippen LogP contribution is -2.15. The molecule has 144 valence electrons. The Hall–Kier alpha value is -2.70. The van der Waals surface area contributed by atoms with E-state index in [9.17, 15) is 9.59 Å². The van der Waals surface area contributed by atoms with Crippen molar-refractivity contribution in [1.29, 1.82) is 0 Å². The number of nitrogens with one attached hydrogen (secondary N) is 1. The zero-order chi connectivity index (χ0) is 20.1. The molecule has 0 aliphatic heterocycles. The summed E-state index contributed by atoms with van der Waals surface area (Å²) in [6.45, 7) is 0. The largest absolute Gasteiger partial charge is 0.495 e. The first-order valence-electron chi connectivity index (χ1n) is 8.46. The molecule has 1 amide bonds. The Morgan fingerprint density at radius 3 is 2.43 bits per heavy atom.